The van der Waals surface area contributed by atoms with Crippen LogP contribution in [0.15, 0.2) is 42.6 Å². The van der Waals surface area contributed by atoms with Crippen molar-refractivity contribution in [3.05, 3.63) is 53.9 Å². The minimum absolute atomic E-state index is 0.744. The van der Waals surface area contributed by atoms with Gasteiger partial charge in [0.25, 0.3) is 0 Å². The molecular formula is C22H20NO3+. The van der Waals surface area contributed by atoms with Crippen LogP contribution in [0.25, 0.3) is 27.1 Å². The first kappa shape index (κ1) is 15.3. The molecule has 0 spiro atoms. The average molecular weight is 346 g/mol. The summed E-state index contributed by atoms with van der Waals surface area (Å²) >= 11 is 0. The van der Waals surface area contributed by atoms with Crippen LogP contribution in [-0.4, -0.2) is 20.8 Å². The highest BCUT2D eigenvalue weighted by molar-refractivity contribution is 5.99. The van der Waals surface area contributed by atoms with E-state index in [0.29, 0.717) is 0 Å². The van der Waals surface area contributed by atoms with Gasteiger partial charge < -0.3 is 14.2 Å². The number of benzene rings is 2. The maximum Gasteiger partial charge on any atom is 0.219 e. The third-order valence-electron chi connectivity index (χ3n) is 5.40. The molecule has 0 fully saturated rings. The predicted octanol–water partition coefficient (Wildman–Crippen LogP) is 3.99. The van der Waals surface area contributed by atoms with Crippen LogP contribution < -0.4 is 18.6 Å². The van der Waals surface area contributed by atoms with E-state index in [1.54, 1.807) is 14.2 Å². The number of rotatable bonds is 2. The highest BCUT2D eigenvalue weighted by Crippen LogP contribution is 2.35. The molecule has 4 nitrogen and oxygen atoms in total. The van der Waals surface area contributed by atoms with Gasteiger partial charge in [0.05, 0.1) is 31.6 Å². The summed E-state index contributed by atoms with van der Waals surface area (Å²) in [5.74, 6) is 2.50. The van der Waals surface area contributed by atoms with Gasteiger partial charge in [0.2, 0.25) is 5.52 Å². The van der Waals surface area contributed by atoms with Crippen LogP contribution in [0, 0.1) is 6.92 Å². The van der Waals surface area contributed by atoms with Gasteiger partial charge in [0.15, 0.2) is 23.4 Å². The van der Waals surface area contributed by atoms with Crippen molar-refractivity contribution < 1.29 is 18.6 Å². The Balaban J connectivity index is 1.91. The largest absolute Gasteiger partial charge is 0.493 e. The molecule has 3 heterocycles. The normalized spacial score (nSPS) is 13.2. The topological polar surface area (TPSA) is 31.8 Å². The molecule has 2 aromatic carbocycles. The molecule has 0 saturated carbocycles. The number of ether oxygens (including phenoxy) is 3. The van der Waals surface area contributed by atoms with Crippen LogP contribution in [-0.2, 0) is 6.42 Å². The molecule has 26 heavy (non-hydrogen) atoms. The molecule has 0 radical (unpaired) electrons. The van der Waals surface area contributed by atoms with Crippen molar-refractivity contribution in [2.24, 2.45) is 0 Å². The van der Waals surface area contributed by atoms with Crippen LogP contribution in [0.1, 0.15) is 11.3 Å². The maximum atomic E-state index is 5.79. The van der Waals surface area contributed by atoms with E-state index >= 15 is 0 Å². The molecule has 0 unspecified atom stereocenters. The summed E-state index contributed by atoms with van der Waals surface area (Å²) in [4.78, 5) is 0. The quantitative estimate of drug-likeness (QED) is 0.312. The molecule has 130 valence electrons. The zero-order valence-electron chi connectivity index (χ0n) is 15.1. The summed E-state index contributed by atoms with van der Waals surface area (Å²) in [7, 11) is 3.34. The first-order valence-corrected chi connectivity index (χ1v) is 8.79. The predicted molar refractivity (Wildman–Crippen MR) is 102 cm³/mol. The third kappa shape index (κ3) is 2.05. The summed E-state index contributed by atoms with van der Waals surface area (Å²) in [6, 6.07) is 12.9. The Morgan fingerprint density at radius 2 is 1.73 bits per heavy atom. The van der Waals surface area contributed by atoms with Gasteiger partial charge in [-0.3, -0.25) is 0 Å². The lowest BCUT2D eigenvalue weighted by Crippen LogP contribution is -2.25. The molecule has 1 aliphatic rings. The summed E-state index contributed by atoms with van der Waals surface area (Å²) < 4.78 is 19.0. The smallest absolute Gasteiger partial charge is 0.219 e. The molecule has 0 amide bonds. The third-order valence-corrected chi connectivity index (χ3v) is 5.40. The van der Waals surface area contributed by atoms with Crippen LogP contribution in [0.2, 0.25) is 0 Å². The van der Waals surface area contributed by atoms with Crippen LogP contribution in [0.4, 0.5) is 0 Å². The standard InChI is InChI=1S/C22H20NO3/c1-13-17-11-22(25-3)21(24-2)10-16(17)9-19-18-12-20-15(5-7-26-20)8-14(18)4-6-23(13)19/h4,6,8-12H,5,7H2,1-3H3/q+1. The number of fused-ring (bicyclic) bond motifs is 5. The van der Waals surface area contributed by atoms with Gasteiger partial charge in [-0.25, -0.2) is 0 Å². The summed E-state index contributed by atoms with van der Waals surface area (Å²) in [5, 5.41) is 4.73. The Morgan fingerprint density at radius 1 is 0.923 bits per heavy atom. The van der Waals surface area contributed by atoms with Gasteiger partial charge in [0.1, 0.15) is 5.75 Å². The zero-order chi connectivity index (χ0) is 17.8. The van der Waals surface area contributed by atoms with Crippen molar-refractivity contribution in [1.29, 1.82) is 0 Å². The molecule has 1 aliphatic heterocycles. The fourth-order valence-corrected chi connectivity index (χ4v) is 4.01. The van der Waals surface area contributed by atoms with Gasteiger partial charge in [-0.1, -0.05) is 0 Å². The molecule has 0 saturated heterocycles. The number of nitrogens with zero attached hydrogens (tertiary/aromatic N) is 1. The van der Waals surface area contributed by atoms with Crippen LogP contribution in [0.3, 0.4) is 0 Å². The number of hydrogen-bond donors (Lipinski definition) is 0. The van der Waals surface area contributed by atoms with Crippen LogP contribution >= 0.6 is 0 Å². The minimum atomic E-state index is 0.744. The van der Waals surface area contributed by atoms with E-state index in [4.69, 9.17) is 14.2 Å². The molecule has 4 heteroatoms. The first-order chi connectivity index (χ1) is 12.7. The second-order valence-electron chi connectivity index (χ2n) is 6.74. The van der Waals surface area contributed by atoms with E-state index in [0.717, 1.165) is 46.6 Å². The second-order valence-corrected chi connectivity index (χ2v) is 6.74. The number of pyridine rings is 2. The first-order valence-electron chi connectivity index (χ1n) is 8.79. The van der Waals surface area contributed by atoms with E-state index in [1.165, 1.54) is 22.0 Å². The summed E-state index contributed by atoms with van der Waals surface area (Å²) in [6.07, 6.45) is 3.13. The zero-order valence-corrected chi connectivity index (χ0v) is 15.1. The molecule has 0 bridgehead atoms. The molecule has 5 rings (SSSR count). The molecular weight excluding hydrogens is 326 g/mol. The number of hydrogen-bond acceptors (Lipinski definition) is 3. The monoisotopic (exact) mass is 346 g/mol. The van der Waals surface area contributed by atoms with E-state index in [-0.39, 0.29) is 0 Å². The Kier molecular flexibility index (Phi) is 3.23. The Morgan fingerprint density at radius 3 is 2.54 bits per heavy atom. The number of methoxy groups -OCH3 is 2. The Bertz CT molecular complexity index is 1200. The summed E-state index contributed by atoms with van der Waals surface area (Å²) in [5.41, 5.74) is 3.63. The van der Waals surface area contributed by atoms with Crippen LogP contribution in [0.5, 0.6) is 17.2 Å². The highest BCUT2D eigenvalue weighted by atomic mass is 16.5. The average Bonchev–Trinajstić information content (AvgIpc) is 3.13. The Labute approximate surface area is 151 Å². The SMILES string of the molecule is COc1cc2cc3c4cc5c(cc4cc[n+]3c(C)c2cc1OC)CCO5. The maximum absolute atomic E-state index is 5.79. The molecule has 0 N–H and O–H groups in total. The minimum Gasteiger partial charge on any atom is -0.493 e. The molecule has 4 aromatic rings. The van der Waals surface area contributed by atoms with Gasteiger partial charge in [-0.15, -0.1) is 0 Å². The van der Waals surface area contributed by atoms with Crippen molar-refractivity contribution in [3.8, 4) is 17.2 Å². The lowest BCUT2D eigenvalue weighted by Gasteiger charge is -2.10. The van der Waals surface area contributed by atoms with E-state index in [2.05, 4.69) is 41.8 Å². The lowest BCUT2D eigenvalue weighted by atomic mass is 10.0. The van der Waals surface area contributed by atoms with Crippen molar-refractivity contribution in [2.45, 2.75) is 13.3 Å². The number of aromatic nitrogens is 1. The molecule has 2 aromatic heterocycles. The van der Waals surface area contributed by atoms with Crippen molar-refractivity contribution in [1.82, 2.24) is 0 Å². The molecule has 0 aliphatic carbocycles. The van der Waals surface area contributed by atoms with Gasteiger partial charge in [-0.05, 0) is 40.6 Å². The molecule has 0 atom stereocenters. The van der Waals surface area contributed by atoms with Gasteiger partial charge >= 0.3 is 0 Å². The van der Waals surface area contributed by atoms with E-state index in [9.17, 15) is 0 Å². The number of aryl methyl sites for hydroxylation is 1. The van der Waals surface area contributed by atoms with E-state index in [1.807, 2.05) is 12.1 Å². The fourth-order valence-electron chi connectivity index (χ4n) is 4.01. The van der Waals surface area contributed by atoms with Crippen molar-refractivity contribution in [2.75, 3.05) is 20.8 Å². The fraction of sp³-hybridized carbons (Fsp3) is 0.227. The lowest BCUT2D eigenvalue weighted by molar-refractivity contribution is -0.516. The summed E-state index contributed by atoms with van der Waals surface area (Å²) in [6.45, 7) is 2.91. The Hall–Kier alpha value is -3.01. The van der Waals surface area contributed by atoms with Crippen molar-refractivity contribution >= 4 is 27.1 Å². The second kappa shape index (κ2) is 5.49. The van der Waals surface area contributed by atoms with E-state index < -0.39 is 0 Å². The highest BCUT2D eigenvalue weighted by Gasteiger charge is 2.20. The van der Waals surface area contributed by atoms with Gasteiger partial charge in [0, 0.05) is 25.5 Å². The van der Waals surface area contributed by atoms with Crippen molar-refractivity contribution in [3.63, 3.8) is 0 Å². The van der Waals surface area contributed by atoms with Gasteiger partial charge in [-0.2, -0.15) is 4.40 Å².